The fourth-order valence-corrected chi connectivity index (χ4v) is 3.66. The number of rotatable bonds is 4. The molecule has 1 aromatic carbocycles. The molecule has 0 atom stereocenters. The summed E-state index contributed by atoms with van der Waals surface area (Å²) >= 11 is 0. The van der Waals surface area contributed by atoms with Crippen LogP contribution in [-0.2, 0) is 6.54 Å². The van der Waals surface area contributed by atoms with Gasteiger partial charge in [0.2, 0.25) is 0 Å². The molecule has 0 bridgehead atoms. The van der Waals surface area contributed by atoms with Crippen LogP contribution in [0.5, 0.6) is 11.5 Å². The van der Waals surface area contributed by atoms with E-state index < -0.39 is 0 Å². The number of para-hydroxylation sites is 1. The summed E-state index contributed by atoms with van der Waals surface area (Å²) in [6, 6.07) is 6.57. The second-order valence-electron chi connectivity index (χ2n) is 6.22. The number of benzene rings is 1. The minimum Gasteiger partial charge on any atom is -0.504 e. The average molecular weight is 290 g/mol. The van der Waals surface area contributed by atoms with Gasteiger partial charge in [-0.15, -0.1) is 0 Å². The number of hydrogen-bond donors (Lipinski definition) is 1. The van der Waals surface area contributed by atoms with Gasteiger partial charge >= 0.3 is 0 Å². The van der Waals surface area contributed by atoms with Crippen LogP contribution in [-0.4, -0.2) is 54.2 Å². The first-order chi connectivity index (χ1) is 10.3. The molecule has 1 aliphatic carbocycles. The van der Waals surface area contributed by atoms with Crippen molar-refractivity contribution < 1.29 is 9.84 Å². The Bertz CT molecular complexity index is 464. The van der Waals surface area contributed by atoms with Gasteiger partial charge in [-0.2, -0.15) is 0 Å². The lowest BCUT2D eigenvalue weighted by molar-refractivity contribution is 0.0931. The molecule has 0 unspecified atom stereocenters. The number of piperazine rings is 1. The Morgan fingerprint density at radius 2 is 1.86 bits per heavy atom. The highest BCUT2D eigenvalue weighted by Crippen LogP contribution is 2.30. The van der Waals surface area contributed by atoms with Gasteiger partial charge < -0.3 is 9.84 Å². The zero-order valence-corrected chi connectivity index (χ0v) is 12.9. The lowest BCUT2D eigenvalue weighted by atomic mass is 10.1. The molecular formula is C17H26N2O2. The second-order valence-corrected chi connectivity index (χ2v) is 6.22. The van der Waals surface area contributed by atoms with Crippen LogP contribution < -0.4 is 4.74 Å². The third kappa shape index (κ3) is 3.33. The zero-order chi connectivity index (χ0) is 14.7. The van der Waals surface area contributed by atoms with Gasteiger partial charge in [-0.1, -0.05) is 25.0 Å². The Morgan fingerprint density at radius 1 is 1.14 bits per heavy atom. The zero-order valence-electron chi connectivity index (χ0n) is 12.9. The molecule has 2 aliphatic rings. The third-order valence-electron chi connectivity index (χ3n) is 4.94. The molecule has 0 radical (unpaired) electrons. The smallest absolute Gasteiger partial charge is 0.162 e. The van der Waals surface area contributed by atoms with E-state index >= 15 is 0 Å². The molecule has 3 rings (SSSR count). The molecular weight excluding hydrogens is 264 g/mol. The Labute approximate surface area is 127 Å². The number of methoxy groups -OCH3 is 1. The van der Waals surface area contributed by atoms with E-state index in [4.69, 9.17) is 4.74 Å². The highest BCUT2D eigenvalue weighted by Gasteiger charge is 2.26. The van der Waals surface area contributed by atoms with Gasteiger partial charge in [0.05, 0.1) is 7.11 Å². The minimum atomic E-state index is 0.290. The lowest BCUT2D eigenvalue weighted by Crippen LogP contribution is -2.49. The Morgan fingerprint density at radius 3 is 2.52 bits per heavy atom. The van der Waals surface area contributed by atoms with Crippen molar-refractivity contribution in [2.24, 2.45) is 0 Å². The fourth-order valence-electron chi connectivity index (χ4n) is 3.66. The molecule has 1 aliphatic heterocycles. The highest BCUT2D eigenvalue weighted by molar-refractivity contribution is 5.45. The largest absolute Gasteiger partial charge is 0.504 e. The monoisotopic (exact) mass is 290 g/mol. The lowest BCUT2D eigenvalue weighted by Gasteiger charge is -2.38. The molecule has 0 amide bonds. The summed E-state index contributed by atoms with van der Waals surface area (Å²) in [5.41, 5.74) is 0.962. The summed E-state index contributed by atoms with van der Waals surface area (Å²) < 4.78 is 5.18. The van der Waals surface area contributed by atoms with Gasteiger partial charge in [-0.25, -0.2) is 0 Å². The molecule has 0 aromatic heterocycles. The van der Waals surface area contributed by atoms with E-state index in [1.54, 1.807) is 13.2 Å². The first kappa shape index (κ1) is 14.7. The number of nitrogens with zero attached hydrogens (tertiary/aromatic N) is 2. The maximum absolute atomic E-state index is 10.2. The molecule has 4 nitrogen and oxygen atoms in total. The summed E-state index contributed by atoms with van der Waals surface area (Å²) in [6.07, 6.45) is 5.58. The van der Waals surface area contributed by atoms with Crippen molar-refractivity contribution in [3.8, 4) is 11.5 Å². The topological polar surface area (TPSA) is 35.9 Å². The first-order valence-corrected chi connectivity index (χ1v) is 8.09. The van der Waals surface area contributed by atoms with E-state index in [0.29, 0.717) is 11.5 Å². The van der Waals surface area contributed by atoms with Crippen LogP contribution in [0.25, 0.3) is 0 Å². The van der Waals surface area contributed by atoms with E-state index in [-0.39, 0.29) is 0 Å². The molecule has 1 heterocycles. The molecule has 1 N–H and O–H groups in total. The number of phenols is 1. The molecule has 1 aromatic rings. The SMILES string of the molecule is COc1cccc(CN2CCN(C3CCCC3)CC2)c1O. The van der Waals surface area contributed by atoms with Crippen LogP contribution in [0.2, 0.25) is 0 Å². The molecule has 21 heavy (non-hydrogen) atoms. The van der Waals surface area contributed by atoms with Crippen LogP contribution in [0.3, 0.4) is 0 Å². The summed E-state index contributed by atoms with van der Waals surface area (Å²) in [5.74, 6) is 0.857. The summed E-state index contributed by atoms with van der Waals surface area (Å²) in [6.45, 7) is 5.31. The quantitative estimate of drug-likeness (QED) is 0.924. The van der Waals surface area contributed by atoms with Gasteiger partial charge in [0.1, 0.15) is 0 Å². The maximum atomic E-state index is 10.2. The van der Waals surface area contributed by atoms with Gasteiger partial charge in [-0.3, -0.25) is 9.80 Å². The minimum absolute atomic E-state index is 0.290. The fraction of sp³-hybridized carbons (Fsp3) is 0.647. The van der Waals surface area contributed by atoms with Crippen molar-refractivity contribution in [1.82, 2.24) is 9.80 Å². The molecule has 2 fully saturated rings. The number of phenolic OH excluding ortho intramolecular Hbond substituents is 1. The van der Waals surface area contributed by atoms with Crippen molar-refractivity contribution in [3.05, 3.63) is 23.8 Å². The summed E-state index contributed by atoms with van der Waals surface area (Å²) in [5, 5.41) is 10.2. The first-order valence-electron chi connectivity index (χ1n) is 8.09. The van der Waals surface area contributed by atoms with Crippen molar-refractivity contribution in [1.29, 1.82) is 0 Å². The van der Waals surface area contributed by atoms with E-state index in [0.717, 1.165) is 44.3 Å². The summed E-state index contributed by atoms with van der Waals surface area (Å²) in [7, 11) is 1.60. The predicted octanol–water partition coefficient (Wildman–Crippen LogP) is 2.46. The van der Waals surface area contributed by atoms with Crippen LogP contribution in [0, 0.1) is 0 Å². The molecule has 116 valence electrons. The van der Waals surface area contributed by atoms with Gasteiger partial charge in [0.25, 0.3) is 0 Å². The van der Waals surface area contributed by atoms with Crippen molar-refractivity contribution >= 4 is 0 Å². The van der Waals surface area contributed by atoms with Crippen LogP contribution in [0.1, 0.15) is 31.2 Å². The molecule has 0 spiro atoms. The van der Waals surface area contributed by atoms with E-state index in [9.17, 15) is 5.11 Å². The predicted molar refractivity (Wildman–Crippen MR) is 83.8 cm³/mol. The van der Waals surface area contributed by atoms with Crippen LogP contribution in [0.4, 0.5) is 0 Å². The molecule has 1 saturated carbocycles. The van der Waals surface area contributed by atoms with E-state index in [2.05, 4.69) is 9.80 Å². The van der Waals surface area contributed by atoms with Gasteiger partial charge in [0.15, 0.2) is 11.5 Å². The number of aromatic hydroxyl groups is 1. The van der Waals surface area contributed by atoms with E-state index in [1.807, 2.05) is 12.1 Å². The summed E-state index contributed by atoms with van der Waals surface area (Å²) in [4.78, 5) is 5.09. The van der Waals surface area contributed by atoms with E-state index in [1.165, 1.54) is 25.7 Å². The van der Waals surface area contributed by atoms with Crippen molar-refractivity contribution in [2.75, 3.05) is 33.3 Å². The Balaban J connectivity index is 1.55. The standard InChI is InChI=1S/C17H26N2O2/c1-21-16-8-4-5-14(17(16)20)13-18-9-11-19(12-10-18)15-6-2-3-7-15/h4-5,8,15,20H,2-3,6-7,9-13H2,1H3. The van der Waals surface area contributed by atoms with Gasteiger partial charge in [-0.05, 0) is 18.9 Å². The van der Waals surface area contributed by atoms with Crippen molar-refractivity contribution in [3.63, 3.8) is 0 Å². The van der Waals surface area contributed by atoms with Crippen LogP contribution >= 0.6 is 0 Å². The third-order valence-corrected chi connectivity index (χ3v) is 4.94. The Hall–Kier alpha value is -1.26. The van der Waals surface area contributed by atoms with Gasteiger partial charge in [0, 0.05) is 44.3 Å². The Kier molecular flexibility index (Phi) is 4.66. The molecule has 4 heteroatoms. The number of ether oxygens (including phenoxy) is 1. The van der Waals surface area contributed by atoms with Crippen LogP contribution in [0.15, 0.2) is 18.2 Å². The second kappa shape index (κ2) is 6.67. The highest BCUT2D eigenvalue weighted by atomic mass is 16.5. The normalized spacial score (nSPS) is 21.8. The average Bonchev–Trinajstić information content (AvgIpc) is 3.04. The maximum Gasteiger partial charge on any atom is 0.162 e. The molecule has 1 saturated heterocycles. The number of hydrogen-bond acceptors (Lipinski definition) is 4. The van der Waals surface area contributed by atoms with Crippen molar-refractivity contribution in [2.45, 2.75) is 38.3 Å².